The summed E-state index contributed by atoms with van der Waals surface area (Å²) in [5, 5.41) is 2.78. The number of carbonyl (C=O) groups is 3. The fraction of sp³-hybridized carbons (Fsp3) is 0.591. The van der Waals surface area contributed by atoms with E-state index in [4.69, 9.17) is 4.74 Å². The van der Waals surface area contributed by atoms with Crippen molar-refractivity contribution in [3.05, 3.63) is 24.3 Å². The van der Waals surface area contributed by atoms with Crippen LogP contribution in [0.5, 0.6) is 5.75 Å². The maximum absolute atomic E-state index is 12.8. The van der Waals surface area contributed by atoms with E-state index < -0.39 is 11.6 Å². The molecule has 0 bridgehead atoms. The Bertz CT molecular complexity index is 787. The Morgan fingerprint density at radius 1 is 1.13 bits per heavy atom. The van der Waals surface area contributed by atoms with Gasteiger partial charge < -0.3 is 19.9 Å². The summed E-state index contributed by atoms with van der Waals surface area (Å²) in [6.45, 7) is 8.21. The van der Waals surface area contributed by atoms with Crippen molar-refractivity contribution in [3.63, 3.8) is 0 Å². The number of methoxy groups -OCH3 is 1. The topological polar surface area (TPSA) is 82.2 Å². The number of hydrogen-bond donors (Lipinski definition) is 1. The van der Waals surface area contributed by atoms with Crippen molar-refractivity contribution in [2.75, 3.05) is 44.7 Å². The summed E-state index contributed by atoms with van der Waals surface area (Å²) in [5.41, 5.74) is 0.159. The molecule has 1 aromatic carbocycles. The zero-order valence-electron chi connectivity index (χ0n) is 18.3. The summed E-state index contributed by atoms with van der Waals surface area (Å²) < 4.78 is 5.19. The first-order chi connectivity index (χ1) is 14.2. The van der Waals surface area contributed by atoms with Gasteiger partial charge in [0.1, 0.15) is 17.8 Å². The van der Waals surface area contributed by atoms with Gasteiger partial charge in [0.25, 0.3) is 5.91 Å². The van der Waals surface area contributed by atoms with Crippen LogP contribution in [0.2, 0.25) is 0 Å². The number of nitrogens with zero attached hydrogens (tertiary/aromatic N) is 3. The number of imide groups is 1. The quantitative estimate of drug-likeness (QED) is 0.689. The van der Waals surface area contributed by atoms with Crippen LogP contribution in [0.25, 0.3) is 0 Å². The predicted octanol–water partition coefficient (Wildman–Crippen LogP) is 2.09. The second-order valence-corrected chi connectivity index (χ2v) is 8.65. The van der Waals surface area contributed by atoms with Crippen LogP contribution in [-0.2, 0) is 9.59 Å². The molecule has 1 atom stereocenters. The lowest BCUT2D eigenvalue weighted by Crippen LogP contribution is -2.52. The number of hydrogen-bond acceptors (Lipinski definition) is 5. The van der Waals surface area contributed by atoms with E-state index in [0.717, 1.165) is 22.8 Å². The number of nitrogens with one attached hydrogen (secondary N) is 1. The number of urea groups is 1. The molecule has 1 N–H and O–H groups in total. The Hall–Kier alpha value is -2.77. The summed E-state index contributed by atoms with van der Waals surface area (Å²) in [5.74, 6) is 0.741. The van der Waals surface area contributed by atoms with Crippen LogP contribution in [-0.4, -0.2) is 73.0 Å². The summed E-state index contributed by atoms with van der Waals surface area (Å²) in [4.78, 5) is 42.9. The lowest BCUT2D eigenvalue weighted by Gasteiger charge is -2.36. The molecule has 2 saturated heterocycles. The lowest BCUT2D eigenvalue weighted by atomic mass is 9.92. The summed E-state index contributed by atoms with van der Waals surface area (Å²) in [6.07, 6.45) is 1.40. The summed E-state index contributed by atoms with van der Waals surface area (Å²) in [6, 6.07) is 7.36. The number of ether oxygens (including phenoxy) is 1. The van der Waals surface area contributed by atoms with Crippen LogP contribution in [0.4, 0.5) is 10.5 Å². The zero-order chi connectivity index (χ0) is 21.9. The monoisotopic (exact) mass is 416 g/mol. The number of amides is 4. The number of piperazine rings is 1. The second-order valence-electron chi connectivity index (χ2n) is 8.65. The van der Waals surface area contributed by atoms with Gasteiger partial charge in [0.05, 0.1) is 7.11 Å². The van der Waals surface area contributed by atoms with Crippen molar-refractivity contribution in [1.29, 1.82) is 0 Å². The van der Waals surface area contributed by atoms with Crippen molar-refractivity contribution in [1.82, 2.24) is 15.1 Å². The number of benzene rings is 1. The third-order valence-electron chi connectivity index (χ3n) is 5.93. The van der Waals surface area contributed by atoms with Crippen molar-refractivity contribution < 1.29 is 19.1 Å². The molecule has 0 spiro atoms. The van der Waals surface area contributed by atoms with Gasteiger partial charge in [-0.25, -0.2) is 4.79 Å². The molecule has 0 radical (unpaired) electrons. The van der Waals surface area contributed by atoms with Crippen molar-refractivity contribution >= 4 is 23.5 Å². The van der Waals surface area contributed by atoms with Crippen LogP contribution < -0.4 is 15.0 Å². The Kier molecular flexibility index (Phi) is 6.53. The molecule has 164 valence electrons. The maximum atomic E-state index is 12.8. The smallest absolute Gasteiger partial charge is 0.325 e. The van der Waals surface area contributed by atoms with E-state index in [-0.39, 0.29) is 18.4 Å². The molecule has 0 saturated carbocycles. The first-order valence-corrected chi connectivity index (χ1v) is 10.5. The Morgan fingerprint density at radius 2 is 1.77 bits per heavy atom. The van der Waals surface area contributed by atoms with Gasteiger partial charge in [-0.2, -0.15) is 0 Å². The molecule has 2 aliphatic rings. The van der Waals surface area contributed by atoms with E-state index in [1.165, 1.54) is 0 Å². The molecular formula is C22H32N4O4. The van der Waals surface area contributed by atoms with Gasteiger partial charge in [-0.05, 0) is 49.9 Å². The van der Waals surface area contributed by atoms with Gasteiger partial charge in [0, 0.05) is 31.9 Å². The SMILES string of the molecule is COc1ccc(N2CCN(C(=O)CN3C(=O)N[C@@](C)(CCC(C)C)C3=O)CC2)cc1. The molecule has 3 rings (SSSR count). The highest BCUT2D eigenvalue weighted by molar-refractivity contribution is 6.08. The van der Waals surface area contributed by atoms with Crippen LogP contribution in [0.1, 0.15) is 33.6 Å². The highest BCUT2D eigenvalue weighted by Gasteiger charge is 2.48. The van der Waals surface area contributed by atoms with E-state index in [2.05, 4.69) is 24.1 Å². The van der Waals surface area contributed by atoms with Crippen LogP contribution in [0, 0.1) is 5.92 Å². The largest absolute Gasteiger partial charge is 0.497 e. The van der Waals surface area contributed by atoms with Gasteiger partial charge in [-0.3, -0.25) is 14.5 Å². The van der Waals surface area contributed by atoms with Gasteiger partial charge in [-0.1, -0.05) is 13.8 Å². The second kappa shape index (κ2) is 8.93. The van der Waals surface area contributed by atoms with Crippen molar-refractivity contribution in [3.8, 4) is 5.75 Å². The third-order valence-corrected chi connectivity index (χ3v) is 5.93. The van der Waals surface area contributed by atoms with Gasteiger partial charge >= 0.3 is 6.03 Å². The summed E-state index contributed by atoms with van der Waals surface area (Å²) >= 11 is 0. The number of anilines is 1. The molecule has 30 heavy (non-hydrogen) atoms. The van der Waals surface area contributed by atoms with E-state index in [0.29, 0.717) is 38.5 Å². The van der Waals surface area contributed by atoms with Gasteiger partial charge in [-0.15, -0.1) is 0 Å². The number of carbonyl (C=O) groups excluding carboxylic acids is 3. The molecule has 0 aliphatic carbocycles. The summed E-state index contributed by atoms with van der Waals surface area (Å²) in [7, 11) is 1.64. The molecule has 4 amide bonds. The Morgan fingerprint density at radius 3 is 2.33 bits per heavy atom. The zero-order valence-corrected chi connectivity index (χ0v) is 18.3. The molecule has 0 unspecified atom stereocenters. The molecule has 2 aliphatic heterocycles. The minimum atomic E-state index is -0.922. The van der Waals surface area contributed by atoms with Crippen molar-refractivity contribution in [2.24, 2.45) is 5.92 Å². The third kappa shape index (κ3) is 4.68. The maximum Gasteiger partial charge on any atom is 0.325 e. The van der Waals surface area contributed by atoms with Crippen molar-refractivity contribution in [2.45, 2.75) is 39.2 Å². The fourth-order valence-corrected chi connectivity index (χ4v) is 3.88. The fourth-order valence-electron chi connectivity index (χ4n) is 3.88. The average Bonchev–Trinajstić information content (AvgIpc) is 2.96. The van der Waals surface area contributed by atoms with Crippen LogP contribution in [0.15, 0.2) is 24.3 Å². The van der Waals surface area contributed by atoms with Crippen LogP contribution in [0.3, 0.4) is 0 Å². The molecule has 2 fully saturated rings. The highest BCUT2D eigenvalue weighted by atomic mass is 16.5. The van der Waals surface area contributed by atoms with Crippen LogP contribution >= 0.6 is 0 Å². The first-order valence-electron chi connectivity index (χ1n) is 10.5. The van der Waals surface area contributed by atoms with Gasteiger partial charge in [0.15, 0.2) is 0 Å². The van der Waals surface area contributed by atoms with E-state index in [1.807, 2.05) is 24.3 Å². The molecule has 8 heteroatoms. The standard InChI is InChI=1S/C22H32N4O4/c1-16(2)9-10-22(3)20(28)26(21(29)23-22)15-19(27)25-13-11-24(12-14-25)17-5-7-18(30-4)8-6-17/h5-8,16H,9-15H2,1-4H3,(H,23,29)/t22-/m0/s1. The predicted molar refractivity (Wildman–Crippen MR) is 115 cm³/mol. The lowest BCUT2D eigenvalue weighted by molar-refractivity contribution is -0.139. The Labute approximate surface area is 178 Å². The first kappa shape index (κ1) is 21.9. The minimum absolute atomic E-state index is 0.194. The normalized spacial score (nSPS) is 22.0. The van der Waals surface area contributed by atoms with E-state index in [9.17, 15) is 14.4 Å². The van der Waals surface area contributed by atoms with Gasteiger partial charge in [0.2, 0.25) is 5.91 Å². The van der Waals surface area contributed by atoms with E-state index >= 15 is 0 Å². The minimum Gasteiger partial charge on any atom is -0.497 e. The van der Waals surface area contributed by atoms with E-state index in [1.54, 1.807) is 18.9 Å². The molecule has 1 aromatic rings. The number of rotatable bonds is 7. The highest BCUT2D eigenvalue weighted by Crippen LogP contribution is 2.25. The Balaban J connectivity index is 1.54. The average molecular weight is 417 g/mol. The molecule has 8 nitrogen and oxygen atoms in total. The molecule has 2 heterocycles. The molecule has 0 aromatic heterocycles. The molecular weight excluding hydrogens is 384 g/mol.